The third-order valence-electron chi connectivity index (χ3n) is 4.92. The molecule has 0 saturated carbocycles. The molecule has 5 nitrogen and oxygen atoms in total. The monoisotopic (exact) mass is 374 g/mol. The lowest BCUT2D eigenvalue weighted by atomic mass is 10.00. The van der Waals surface area contributed by atoms with Crippen molar-refractivity contribution in [3.05, 3.63) is 64.2 Å². The average Bonchev–Trinajstić information content (AvgIpc) is 2.85. The molecule has 0 N–H and O–H groups in total. The molecule has 0 atom stereocenters. The lowest BCUT2D eigenvalue weighted by Gasteiger charge is -2.21. The topological polar surface area (TPSA) is 49.9 Å². The predicted octanol–water partition coefficient (Wildman–Crippen LogP) is 3.18. The van der Waals surface area contributed by atoms with Crippen molar-refractivity contribution in [2.75, 3.05) is 20.2 Å². The van der Waals surface area contributed by atoms with Gasteiger partial charge < -0.3 is 4.74 Å². The fourth-order valence-electron chi connectivity index (χ4n) is 3.55. The van der Waals surface area contributed by atoms with Crippen LogP contribution in [0.5, 0.6) is 5.75 Å². The first-order valence-electron chi connectivity index (χ1n) is 8.76. The SMILES string of the molecule is COc1cccc(CN2CCN(Cc3c(C)cc(C)cc3C)S2(=O)=O)c1. The first kappa shape index (κ1) is 18.9. The number of benzene rings is 2. The van der Waals surface area contributed by atoms with Gasteiger partial charge in [-0.25, -0.2) is 0 Å². The summed E-state index contributed by atoms with van der Waals surface area (Å²) in [6.07, 6.45) is 0. The zero-order valence-corrected chi connectivity index (χ0v) is 16.6. The Labute approximate surface area is 156 Å². The fourth-order valence-corrected chi connectivity index (χ4v) is 5.10. The Hall–Kier alpha value is -1.89. The van der Waals surface area contributed by atoms with Crippen molar-refractivity contribution in [3.8, 4) is 5.75 Å². The van der Waals surface area contributed by atoms with Gasteiger partial charge in [-0.15, -0.1) is 0 Å². The number of rotatable bonds is 5. The van der Waals surface area contributed by atoms with E-state index in [1.54, 1.807) is 15.7 Å². The smallest absolute Gasteiger partial charge is 0.282 e. The molecule has 140 valence electrons. The third-order valence-corrected chi connectivity index (χ3v) is 6.85. The van der Waals surface area contributed by atoms with E-state index in [1.165, 1.54) is 5.56 Å². The van der Waals surface area contributed by atoms with Crippen molar-refractivity contribution in [1.82, 2.24) is 8.61 Å². The largest absolute Gasteiger partial charge is 0.497 e. The summed E-state index contributed by atoms with van der Waals surface area (Å²) in [5.41, 5.74) is 5.51. The second kappa shape index (κ2) is 7.39. The Balaban J connectivity index is 1.78. The molecule has 0 unspecified atom stereocenters. The van der Waals surface area contributed by atoms with E-state index in [4.69, 9.17) is 4.74 Å². The molecular weight excluding hydrogens is 348 g/mol. The van der Waals surface area contributed by atoms with E-state index in [1.807, 2.05) is 38.1 Å². The molecule has 0 radical (unpaired) electrons. The molecule has 2 aromatic carbocycles. The van der Waals surface area contributed by atoms with E-state index in [-0.39, 0.29) is 0 Å². The molecule has 0 amide bonds. The number of aryl methyl sites for hydroxylation is 3. The molecule has 0 bridgehead atoms. The summed E-state index contributed by atoms with van der Waals surface area (Å²) in [6.45, 7) is 7.96. The minimum Gasteiger partial charge on any atom is -0.497 e. The van der Waals surface area contributed by atoms with Crippen LogP contribution in [0.2, 0.25) is 0 Å². The molecular formula is C20H26N2O3S. The molecule has 3 rings (SSSR count). The second-order valence-corrected chi connectivity index (χ2v) is 8.83. The normalized spacial score (nSPS) is 17.5. The molecule has 1 aliphatic rings. The van der Waals surface area contributed by atoms with Crippen molar-refractivity contribution in [2.24, 2.45) is 0 Å². The molecule has 0 spiro atoms. The standard InChI is InChI=1S/C20H26N2O3S/c1-15-10-16(2)20(17(3)11-15)14-22-9-8-21(26(22,23)24)13-18-6-5-7-19(12-18)25-4/h5-7,10-12H,8-9,13-14H2,1-4H3. The van der Waals surface area contributed by atoms with Crippen LogP contribution in [0, 0.1) is 20.8 Å². The van der Waals surface area contributed by atoms with Gasteiger partial charge in [0.1, 0.15) is 5.75 Å². The first-order valence-corrected chi connectivity index (χ1v) is 10.2. The van der Waals surface area contributed by atoms with Crippen molar-refractivity contribution in [3.63, 3.8) is 0 Å². The van der Waals surface area contributed by atoms with E-state index in [2.05, 4.69) is 19.1 Å². The number of nitrogens with zero attached hydrogens (tertiary/aromatic N) is 2. The Bertz CT molecular complexity index is 886. The summed E-state index contributed by atoms with van der Waals surface area (Å²) in [4.78, 5) is 0. The van der Waals surface area contributed by atoms with Gasteiger partial charge >= 0.3 is 0 Å². The fraction of sp³-hybridized carbons (Fsp3) is 0.400. The van der Waals surface area contributed by atoms with Gasteiger partial charge in [0, 0.05) is 26.2 Å². The maximum Gasteiger partial charge on any atom is 0.282 e. The minimum atomic E-state index is -3.46. The molecule has 0 aromatic heterocycles. The van der Waals surface area contributed by atoms with Crippen molar-refractivity contribution in [2.45, 2.75) is 33.9 Å². The van der Waals surface area contributed by atoms with Crippen LogP contribution in [-0.4, -0.2) is 37.2 Å². The van der Waals surface area contributed by atoms with Crippen LogP contribution in [0.15, 0.2) is 36.4 Å². The first-order chi connectivity index (χ1) is 12.3. The van der Waals surface area contributed by atoms with Gasteiger partial charge in [-0.1, -0.05) is 29.8 Å². The average molecular weight is 375 g/mol. The van der Waals surface area contributed by atoms with Crippen molar-refractivity contribution in [1.29, 1.82) is 0 Å². The minimum absolute atomic E-state index is 0.363. The summed E-state index contributed by atoms with van der Waals surface area (Å²) in [7, 11) is -1.85. The molecule has 1 fully saturated rings. The lowest BCUT2D eigenvalue weighted by molar-refractivity contribution is 0.411. The summed E-state index contributed by atoms with van der Waals surface area (Å²) in [5, 5.41) is 0. The van der Waals surface area contributed by atoms with E-state index in [9.17, 15) is 8.42 Å². The van der Waals surface area contributed by atoms with Crippen LogP contribution >= 0.6 is 0 Å². The molecule has 1 aliphatic heterocycles. The maximum absolute atomic E-state index is 13.0. The number of ether oxygens (including phenoxy) is 1. The Morgan fingerprint density at radius 2 is 1.58 bits per heavy atom. The quantitative estimate of drug-likeness (QED) is 0.808. The van der Waals surface area contributed by atoms with Gasteiger partial charge in [0.15, 0.2) is 0 Å². The third kappa shape index (κ3) is 3.77. The predicted molar refractivity (Wildman–Crippen MR) is 103 cm³/mol. The molecule has 0 aliphatic carbocycles. The highest BCUT2D eigenvalue weighted by Crippen LogP contribution is 2.26. The van der Waals surface area contributed by atoms with Crippen LogP contribution < -0.4 is 4.74 Å². The second-order valence-electron chi connectivity index (χ2n) is 6.90. The van der Waals surface area contributed by atoms with Crippen LogP contribution in [-0.2, 0) is 23.3 Å². The summed E-state index contributed by atoms with van der Waals surface area (Å²) >= 11 is 0. The van der Waals surface area contributed by atoms with Gasteiger partial charge in [-0.2, -0.15) is 17.0 Å². The molecule has 1 saturated heterocycles. The van der Waals surface area contributed by atoms with Crippen molar-refractivity contribution >= 4 is 10.2 Å². The number of hydrogen-bond acceptors (Lipinski definition) is 3. The molecule has 1 heterocycles. The van der Waals surface area contributed by atoms with Gasteiger partial charge in [0.05, 0.1) is 7.11 Å². The van der Waals surface area contributed by atoms with E-state index < -0.39 is 10.2 Å². The van der Waals surface area contributed by atoms with Gasteiger partial charge in [0.25, 0.3) is 10.2 Å². The molecule has 26 heavy (non-hydrogen) atoms. The highest BCUT2D eigenvalue weighted by Gasteiger charge is 2.36. The zero-order chi connectivity index (χ0) is 18.9. The van der Waals surface area contributed by atoms with Gasteiger partial charge in [-0.05, 0) is 55.2 Å². The Morgan fingerprint density at radius 1 is 0.962 bits per heavy atom. The van der Waals surface area contributed by atoms with Crippen LogP contribution in [0.1, 0.15) is 27.8 Å². The Kier molecular flexibility index (Phi) is 5.37. The van der Waals surface area contributed by atoms with E-state index in [0.717, 1.165) is 28.0 Å². The maximum atomic E-state index is 13.0. The van der Waals surface area contributed by atoms with E-state index >= 15 is 0 Å². The lowest BCUT2D eigenvalue weighted by Crippen LogP contribution is -2.32. The summed E-state index contributed by atoms with van der Waals surface area (Å²) in [5.74, 6) is 0.738. The molecule has 2 aromatic rings. The Morgan fingerprint density at radius 3 is 2.19 bits per heavy atom. The molecule has 6 heteroatoms. The van der Waals surface area contributed by atoms with Gasteiger partial charge in [0.2, 0.25) is 0 Å². The van der Waals surface area contributed by atoms with Crippen LogP contribution in [0.4, 0.5) is 0 Å². The number of hydrogen-bond donors (Lipinski definition) is 0. The van der Waals surface area contributed by atoms with E-state index in [0.29, 0.717) is 26.2 Å². The van der Waals surface area contributed by atoms with Crippen LogP contribution in [0.3, 0.4) is 0 Å². The highest BCUT2D eigenvalue weighted by molar-refractivity contribution is 7.86. The summed E-state index contributed by atoms with van der Waals surface area (Å²) in [6, 6.07) is 11.8. The van der Waals surface area contributed by atoms with Crippen LogP contribution in [0.25, 0.3) is 0 Å². The zero-order valence-electron chi connectivity index (χ0n) is 15.8. The summed E-state index contributed by atoms with van der Waals surface area (Å²) < 4.78 is 34.3. The number of methoxy groups -OCH3 is 1. The van der Waals surface area contributed by atoms with Crippen molar-refractivity contribution < 1.29 is 13.2 Å². The highest BCUT2D eigenvalue weighted by atomic mass is 32.2. The van der Waals surface area contributed by atoms with Gasteiger partial charge in [-0.3, -0.25) is 0 Å².